The number of nitrogens with two attached hydrogens (primary N) is 1. The third-order valence-corrected chi connectivity index (χ3v) is 4.16. The molecule has 9 heteroatoms. The highest BCUT2D eigenvalue weighted by Crippen LogP contribution is 2.21. The number of primary amides is 1. The molecule has 9 nitrogen and oxygen atoms in total. The first-order valence-corrected chi connectivity index (χ1v) is 8.65. The molecule has 4 rings (SSSR count). The molecule has 3 N–H and O–H groups in total. The lowest BCUT2D eigenvalue weighted by atomic mass is 10.1. The van der Waals surface area contributed by atoms with Crippen LogP contribution in [-0.2, 0) is 5.60 Å². The third-order valence-electron chi connectivity index (χ3n) is 4.16. The summed E-state index contributed by atoms with van der Waals surface area (Å²) in [6.07, 6.45) is 1.61. The zero-order chi connectivity index (χ0) is 20.6. The lowest BCUT2D eigenvalue weighted by Gasteiger charge is -2.10. The number of benzene rings is 1. The van der Waals surface area contributed by atoms with E-state index in [0.717, 1.165) is 0 Å². The van der Waals surface area contributed by atoms with Crippen LogP contribution in [0.15, 0.2) is 47.0 Å². The Labute approximate surface area is 165 Å². The number of hydrogen-bond acceptors (Lipinski definition) is 7. The molecule has 0 aliphatic rings. The van der Waals surface area contributed by atoms with Gasteiger partial charge in [0.25, 0.3) is 11.8 Å². The van der Waals surface area contributed by atoms with E-state index < -0.39 is 11.5 Å². The zero-order valence-electron chi connectivity index (χ0n) is 15.6. The largest absolute Gasteiger partial charge is 0.421 e. The highest BCUT2D eigenvalue weighted by molar-refractivity contribution is 6.03. The summed E-state index contributed by atoms with van der Waals surface area (Å²) in [4.78, 5) is 16.0. The summed E-state index contributed by atoms with van der Waals surface area (Å²) in [5.74, 6) is 5.36. The first-order chi connectivity index (χ1) is 13.8. The van der Waals surface area contributed by atoms with Crippen molar-refractivity contribution in [2.75, 3.05) is 0 Å². The number of carbonyl (C=O) groups is 1. The molecule has 1 amide bonds. The smallest absolute Gasteiger partial charge is 0.269 e. The van der Waals surface area contributed by atoms with Gasteiger partial charge in [-0.3, -0.25) is 4.79 Å². The van der Waals surface area contributed by atoms with Gasteiger partial charge in [0.05, 0.1) is 11.1 Å². The van der Waals surface area contributed by atoms with Crippen LogP contribution < -0.4 is 5.73 Å². The van der Waals surface area contributed by atoms with E-state index in [1.54, 1.807) is 49.5 Å². The lowest BCUT2D eigenvalue weighted by molar-refractivity contribution is 0.0881. The molecule has 1 atom stereocenters. The molecule has 0 saturated carbocycles. The molecule has 4 aromatic rings. The first kappa shape index (κ1) is 18.3. The minimum absolute atomic E-state index is 0.0204. The molecule has 29 heavy (non-hydrogen) atoms. The van der Waals surface area contributed by atoms with E-state index in [0.29, 0.717) is 28.2 Å². The van der Waals surface area contributed by atoms with Crippen LogP contribution in [0.3, 0.4) is 0 Å². The highest BCUT2D eigenvalue weighted by atomic mass is 16.4. The highest BCUT2D eigenvalue weighted by Gasteiger charge is 2.27. The van der Waals surface area contributed by atoms with Crippen LogP contribution in [-0.4, -0.2) is 36.0 Å². The number of nitrogens with zero attached hydrogens (tertiary/aromatic N) is 5. The second-order valence-corrected chi connectivity index (χ2v) is 6.50. The molecule has 1 aromatic carbocycles. The van der Waals surface area contributed by atoms with Gasteiger partial charge >= 0.3 is 0 Å². The van der Waals surface area contributed by atoms with Gasteiger partial charge < -0.3 is 15.3 Å². The van der Waals surface area contributed by atoms with Crippen molar-refractivity contribution in [1.29, 1.82) is 0 Å². The molecule has 0 radical (unpaired) electrons. The number of rotatable bonds is 3. The lowest BCUT2D eigenvalue weighted by Crippen LogP contribution is -2.19. The van der Waals surface area contributed by atoms with Crippen LogP contribution in [0, 0.1) is 18.8 Å². The van der Waals surface area contributed by atoms with Gasteiger partial charge in [-0.1, -0.05) is 17.9 Å². The van der Waals surface area contributed by atoms with Crippen LogP contribution in [0.5, 0.6) is 0 Å². The Balaban J connectivity index is 1.75. The number of aryl methyl sites for hydroxylation is 1. The van der Waals surface area contributed by atoms with E-state index in [-0.39, 0.29) is 11.6 Å². The molecule has 0 aliphatic carbocycles. The average molecular weight is 388 g/mol. The summed E-state index contributed by atoms with van der Waals surface area (Å²) in [5.41, 5.74) is 5.73. The second-order valence-electron chi connectivity index (χ2n) is 6.50. The minimum atomic E-state index is -1.60. The van der Waals surface area contributed by atoms with Gasteiger partial charge in [0.15, 0.2) is 11.3 Å². The van der Waals surface area contributed by atoms with Crippen molar-refractivity contribution in [3.05, 3.63) is 65.6 Å². The van der Waals surface area contributed by atoms with Gasteiger partial charge in [-0.2, -0.15) is 5.10 Å². The van der Waals surface area contributed by atoms with Crippen molar-refractivity contribution in [1.82, 2.24) is 25.0 Å². The molecule has 144 valence electrons. The monoisotopic (exact) mass is 388 g/mol. The Kier molecular flexibility index (Phi) is 4.33. The van der Waals surface area contributed by atoms with Gasteiger partial charge in [0, 0.05) is 18.7 Å². The molecule has 3 aromatic heterocycles. The van der Waals surface area contributed by atoms with Gasteiger partial charge in [-0.25, -0.2) is 9.67 Å². The van der Waals surface area contributed by atoms with E-state index in [4.69, 9.17) is 10.2 Å². The zero-order valence-corrected chi connectivity index (χ0v) is 15.6. The summed E-state index contributed by atoms with van der Waals surface area (Å²) >= 11 is 0. The quantitative estimate of drug-likeness (QED) is 0.508. The van der Waals surface area contributed by atoms with Gasteiger partial charge in [-0.05, 0) is 37.3 Å². The number of fused-ring (bicyclic) bond motifs is 1. The Morgan fingerprint density at radius 3 is 2.83 bits per heavy atom. The molecule has 0 bridgehead atoms. The predicted molar refractivity (Wildman–Crippen MR) is 103 cm³/mol. The topological polar surface area (TPSA) is 133 Å². The van der Waals surface area contributed by atoms with E-state index >= 15 is 0 Å². The van der Waals surface area contributed by atoms with Crippen LogP contribution in [0.25, 0.3) is 16.7 Å². The molecule has 0 aliphatic heterocycles. The maximum atomic E-state index is 11.7. The molecule has 0 spiro atoms. The average Bonchev–Trinajstić information content (AvgIpc) is 3.31. The number of hydrogen-bond donors (Lipinski definition) is 2. The Hall–Kier alpha value is -4.03. The fraction of sp³-hybridized carbons (Fsp3) is 0.150. The Morgan fingerprint density at radius 2 is 2.10 bits per heavy atom. The number of pyridine rings is 1. The molecular weight excluding hydrogens is 372 g/mol. The number of carbonyl (C=O) groups excluding carboxylic acids is 1. The molecule has 3 heterocycles. The Bertz CT molecular complexity index is 1290. The van der Waals surface area contributed by atoms with Crippen LogP contribution in [0.4, 0.5) is 0 Å². The molecule has 0 saturated heterocycles. The number of amides is 1. The summed E-state index contributed by atoms with van der Waals surface area (Å²) in [6, 6.07) is 10.6. The standard InChI is InChI=1S/C20H16N6O3/c1-12-23-24-19(29-12)20(2,28)9-8-13-5-3-6-14(11-13)26-18-15(7-4-10-22-18)16(25-26)17(21)27/h3-7,10-11,28H,1-2H3,(H2,21,27)/t20-/m1/s1. The van der Waals surface area contributed by atoms with Crippen molar-refractivity contribution in [2.24, 2.45) is 5.73 Å². The minimum Gasteiger partial charge on any atom is -0.421 e. The number of aromatic nitrogens is 5. The summed E-state index contributed by atoms with van der Waals surface area (Å²) in [6.45, 7) is 3.10. The van der Waals surface area contributed by atoms with Crippen molar-refractivity contribution in [3.8, 4) is 17.5 Å². The maximum absolute atomic E-state index is 11.7. The van der Waals surface area contributed by atoms with Gasteiger partial charge in [0.1, 0.15) is 0 Å². The molecular formula is C20H16N6O3. The van der Waals surface area contributed by atoms with E-state index in [1.807, 2.05) is 0 Å². The second kappa shape index (κ2) is 6.85. The van der Waals surface area contributed by atoms with Crippen molar-refractivity contribution in [2.45, 2.75) is 19.4 Å². The van der Waals surface area contributed by atoms with Gasteiger partial charge in [-0.15, -0.1) is 10.2 Å². The van der Waals surface area contributed by atoms with E-state index in [9.17, 15) is 9.90 Å². The van der Waals surface area contributed by atoms with Crippen molar-refractivity contribution >= 4 is 16.9 Å². The van der Waals surface area contributed by atoms with Crippen molar-refractivity contribution < 1.29 is 14.3 Å². The van der Waals surface area contributed by atoms with E-state index in [1.165, 1.54) is 11.6 Å². The van der Waals surface area contributed by atoms with Crippen LogP contribution in [0.1, 0.15) is 34.8 Å². The third kappa shape index (κ3) is 3.44. The Morgan fingerprint density at radius 1 is 1.28 bits per heavy atom. The van der Waals surface area contributed by atoms with Gasteiger partial charge in [0.2, 0.25) is 11.5 Å². The maximum Gasteiger partial charge on any atom is 0.269 e. The fourth-order valence-corrected chi connectivity index (χ4v) is 2.77. The fourth-order valence-electron chi connectivity index (χ4n) is 2.77. The van der Waals surface area contributed by atoms with Crippen molar-refractivity contribution in [3.63, 3.8) is 0 Å². The summed E-state index contributed by atoms with van der Waals surface area (Å²) in [7, 11) is 0. The van der Waals surface area contributed by atoms with Crippen LogP contribution in [0.2, 0.25) is 0 Å². The first-order valence-electron chi connectivity index (χ1n) is 8.65. The summed E-state index contributed by atoms with van der Waals surface area (Å²) in [5, 5.41) is 22.9. The number of aliphatic hydroxyl groups is 1. The summed E-state index contributed by atoms with van der Waals surface area (Å²) < 4.78 is 6.79. The SMILES string of the molecule is Cc1nnc([C@](C)(O)C#Cc2cccc(-n3nc(C(N)=O)c4cccnc43)c2)o1. The van der Waals surface area contributed by atoms with Crippen LogP contribution >= 0.6 is 0 Å². The predicted octanol–water partition coefficient (Wildman–Crippen LogP) is 1.47. The molecule has 0 fully saturated rings. The van der Waals surface area contributed by atoms with E-state index in [2.05, 4.69) is 32.1 Å². The normalized spacial score (nSPS) is 12.9. The molecule has 0 unspecified atom stereocenters.